The average molecular weight is 400 g/mol. The number of nitrogens with one attached hydrogen (secondary N) is 2. The van der Waals surface area contributed by atoms with Crippen molar-refractivity contribution in [2.75, 3.05) is 11.9 Å². The molecule has 0 saturated heterocycles. The number of hydrogen-bond donors (Lipinski definition) is 2. The summed E-state index contributed by atoms with van der Waals surface area (Å²) in [5, 5.41) is 1.60. The summed E-state index contributed by atoms with van der Waals surface area (Å²) in [7, 11) is -3.87. The van der Waals surface area contributed by atoms with Crippen LogP contribution in [0, 0.1) is 11.6 Å². The Hall–Kier alpha value is -2.79. The van der Waals surface area contributed by atoms with Crippen LogP contribution in [-0.2, 0) is 19.6 Å². The zero-order chi connectivity index (χ0) is 19.6. The molecule has 1 amide bonds. The molecule has 3 rings (SSSR count). The number of hydrogen-bond acceptors (Lipinski definition) is 6. The first-order chi connectivity index (χ1) is 12.7. The van der Waals surface area contributed by atoms with Crippen molar-refractivity contribution in [1.82, 2.24) is 4.72 Å². The van der Waals surface area contributed by atoms with Gasteiger partial charge in [0.05, 0.1) is 5.69 Å². The maximum Gasteiger partial charge on any atom is 0.374 e. The zero-order valence-corrected chi connectivity index (χ0v) is 14.5. The van der Waals surface area contributed by atoms with Crippen LogP contribution in [0.2, 0.25) is 0 Å². The summed E-state index contributed by atoms with van der Waals surface area (Å²) < 4.78 is 62.4. The van der Waals surface area contributed by atoms with Crippen LogP contribution in [0.1, 0.15) is 23.4 Å². The molecule has 11 heteroatoms. The number of rotatable bonds is 7. The van der Waals surface area contributed by atoms with E-state index in [9.17, 15) is 26.8 Å². The van der Waals surface area contributed by atoms with Crippen LogP contribution in [0.15, 0.2) is 39.8 Å². The van der Waals surface area contributed by atoms with Gasteiger partial charge in [-0.2, -0.15) is 0 Å². The van der Waals surface area contributed by atoms with Crippen LogP contribution < -0.4 is 10.0 Å². The summed E-state index contributed by atoms with van der Waals surface area (Å²) in [6, 6.07) is 4.52. The van der Waals surface area contributed by atoms with Crippen molar-refractivity contribution in [3.8, 4) is 0 Å². The SMILES string of the molecule is O=C(COC(=O)c1ccc(S(=O)(=O)NC2CC2)o1)Nc1cc(F)ccc1F. The van der Waals surface area contributed by atoms with Crippen molar-refractivity contribution < 1.29 is 35.9 Å². The topological polar surface area (TPSA) is 115 Å². The fourth-order valence-corrected chi connectivity index (χ4v) is 3.27. The molecule has 2 aromatic rings. The Bertz CT molecular complexity index is 985. The molecule has 144 valence electrons. The minimum Gasteiger partial charge on any atom is -0.450 e. The lowest BCUT2D eigenvalue weighted by molar-refractivity contribution is -0.119. The van der Waals surface area contributed by atoms with E-state index in [4.69, 9.17) is 4.42 Å². The van der Waals surface area contributed by atoms with Gasteiger partial charge in [0.2, 0.25) is 10.9 Å². The molecule has 0 aliphatic heterocycles. The third-order valence-electron chi connectivity index (χ3n) is 3.48. The van der Waals surface area contributed by atoms with E-state index in [1.165, 1.54) is 0 Å². The Labute approximate surface area is 152 Å². The van der Waals surface area contributed by atoms with Gasteiger partial charge in [-0.1, -0.05) is 0 Å². The number of benzene rings is 1. The van der Waals surface area contributed by atoms with E-state index < -0.39 is 56.7 Å². The summed E-state index contributed by atoms with van der Waals surface area (Å²) in [5.74, 6) is -4.04. The number of esters is 1. The fraction of sp³-hybridized carbons (Fsp3) is 0.250. The molecule has 8 nitrogen and oxygen atoms in total. The molecular formula is C16H14F2N2O6S. The molecule has 1 aliphatic rings. The highest BCUT2D eigenvalue weighted by molar-refractivity contribution is 7.89. The second-order valence-corrected chi connectivity index (χ2v) is 7.41. The van der Waals surface area contributed by atoms with Crippen LogP contribution >= 0.6 is 0 Å². The Kier molecular flexibility index (Phi) is 5.24. The van der Waals surface area contributed by atoms with Gasteiger partial charge < -0.3 is 14.5 Å². The molecule has 2 N–H and O–H groups in total. The molecule has 1 aromatic heterocycles. The standard InChI is InChI=1S/C16H14F2N2O6S/c17-9-1-4-11(18)12(7-9)19-14(21)8-25-16(22)13-5-6-15(26-13)27(23,24)20-10-2-3-10/h1,4-7,10,20H,2-3,8H2,(H,19,21). The third kappa shape index (κ3) is 4.89. The quantitative estimate of drug-likeness (QED) is 0.685. The Morgan fingerprint density at radius 1 is 1.19 bits per heavy atom. The number of sulfonamides is 1. The largest absolute Gasteiger partial charge is 0.450 e. The average Bonchev–Trinajstić information content (AvgIpc) is 3.25. The molecule has 0 spiro atoms. The Morgan fingerprint density at radius 2 is 1.93 bits per heavy atom. The van der Waals surface area contributed by atoms with Crippen molar-refractivity contribution in [3.05, 3.63) is 47.7 Å². The highest BCUT2D eigenvalue weighted by Gasteiger charge is 2.30. The lowest BCUT2D eigenvalue weighted by Crippen LogP contribution is -2.25. The van der Waals surface area contributed by atoms with Gasteiger partial charge in [0, 0.05) is 12.1 Å². The highest BCUT2D eigenvalue weighted by Crippen LogP contribution is 2.23. The Balaban J connectivity index is 1.56. The molecule has 1 saturated carbocycles. The van der Waals surface area contributed by atoms with Gasteiger partial charge in [0.25, 0.3) is 15.9 Å². The number of furan rings is 1. The maximum atomic E-state index is 13.4. The molecule has 1 aromatic carbocycles. The van der Waals surface area contributed by atoms with Crippen LogP contribution in [0.3, 0.4) is 0 Å². The van der Waals surface area contributed by atoms with Gasteiger partial charge in [-0.25, -0.2) is 26.7 Å². The van der Waals surface area contributed by atoms with Crippen molar-refractivity contribution in [2.45, 2.75) is 24.0 Å². The number of anilines is 1. The van der Waals surface area contributed by atoms with Crippen LogP contribution in [-0.4, -0.2) is 32.9 Å². The molecular weight excluding hydrogens is 386 g/mol. The second-order valence-electron chi connectivity index (χ2n) is 5.76. The van der Waals surface area contributed by atoms with E-state index in [0.717, 1.165) is 43.2 Å². The summed E-state index contributed by atoms with van der Waals surface area (Å²) in [6.07, 6.45) is 1.46. The summed E-state index contributed by atoms with van der Waals surface area (Å²) in [5.41, 5.74) is -0.409. The van der Waals surface area contributed by atoms with E-state index >= 15 is 0 Å². The van der Waals surface area contributed by atoms with Crippen LogP contribution in [0.4, 0.5) is 14.5 Å². The van der Waals surface area contributed by atoms with Crippen molar-refractivity contribution in [2.24, 2.45) is 0 Å². The molecule has 1 heterocycles. The van der Waals surface area contributed by atoms with Gasteiger partial charge in [0.15, 0.2) is 6.61 Å². The summed E-state index contributed by atoms with van der Waals surface area (Å²) in [4.78, 5) is 23.5. The molecule has 1 fully saturated rings. The predicted molar refractivity (Wildman–Crippen MR) is 87.3 cm³/mol. The van der Waals surface area contributed by atoms with Gasteiger partial charge in [-0.15, -0.1) is 0 Å². The maximum absolute atomic E-state index is 13.4. The first-order valence-corrected chi connectivity index (χ1v) is 9.27. The number of halogens is 2. The van der Waals surface area contributed by atoms with E-state index in [1.54, 1.807) is 0 Å². The molecule has 1 aliphatic carbocycles. The van der Waals surface area contributed by atoms with E-state index in [2.05, 4.69) is 9.46 Å². The number of carbonyl (C=O) groups is 2. The van der Waals surface area contributed by atoms with Crippen molar-refractivity contribution >= 4 is 27.6 Å². The van der Waals surface area contributed by atoms with Crippen LogP contribution in [0.5, 0.6) is 0 Å². The monoisotopic (exact) mass is 400 g/mol. The lowest BCUT2D eigenvalue weighted by atomic mass is 10.3. The predicted octanol–water partition coefficient (Wildman–Crippen LogP) is 1.79. The molecule has 0 atom stereocenters. The second kappa shape index (κ2) is 7.45. The minimum absolute atomic E-state index is 0.137. The zero-order valence-electron chi connectivity index (χ0n) is 13.7. The number of ether oxygens (including phenoxy) is 1. The van der Waals surface area contributed by atoms with Gasteiger partial charge >= 0.3 is 5.97 Å². The van der Waals surface area contributed by atoms with Gasteiger partial charge in [-0.3, -0.25) is 4.79 Å². The fourth-order valence-electron chi connectivity index (χ4n) is 2.03. The molecule has 0 unspecified atom stereocenters. The molecule has 0 radical (unpaired) electrons. The van der Waals surface area contributed by atoms with Crippen molar-refractivity contribution in [3.63, 3.8) is 0 Å². The number of amides is 1. The van der Waals surface area contributed by atoms with E-state index in [0.29, 0.717) is 0 Å². The first kappa shape index (κ1) is 19.0. The van der Waals surface area contributed by atoms with E-state index in [1.807, 2.05) is 5.32 Å². The molecule has 0 bridgehead atoms. The third-order valence-corrected chi connectivity index (χ3v) is 4.88. The van der Waals surface area contributed by atoms with Gasteiger partial charge in [-0.05, 0) is 37.1 Å². The normalized spacial score (nSPS) is 14.0. The number of carbonyl (C=O) groups excluding carboxylic acids is 2. The minimum atomic E-state index is -3.87. The highest BCUT2D eigenvalue weighted by atomic mass is 32.2. The molecule has 27 heavy (non-hydrogen) atoms. The van der Waals surface area contributed by atoms with E-state index in [-0.39, 0.29) is 6.04 Å². The van der Waals surface area contributed by atoms with Crippen LogP contribution in [0.25, 0.3) is 0 Å². The summed E-state index contributed by atoms with van der Waals surface area (Å²) >= 11 is 0. The lowest BCUT2D eigenvalue weighted by Gasteiger charge is -2.07. The van der Waals surface area contributed by atoms with Gasteiger partial charge in [0.1, 0.15) is 11.6 Å². The Morgan fingerprint density at radius 3 is 2.63 bits per heavy atom. The summed E-state index contributed by atoms with van der Waals surface area (Å²) in [6.45, 7) is -0.808. The first-order valence-electron chi connectivity index (χ1n) is 7.79. The van der Waals surface area contributed by atoms with Crippen molar-refractivity contribution in [1.29, 1.82) is 0 Å². The smallest absolute Gasteiger partial charge is 0.374 e.